The maximum atomic E-state index is 10.2. The molecular formula is C19H33Cl2NO. The van der Waals surface area contributed by atoms with Crippen LogP contribution in [0, 0.1) is 0 Å². The number of rotatable bonds is 12. The molecule has 0 aliphatic carbocycles. The Morgan fingerprint density at radius 2 is 1.57 bits per heavy atom. The van der Waals surface area contributed by atoms with Crippen LogP contribution in [0.3, 0.4) is 0 Å². The van der Waals surface area contributed by atoms with Crippen molar-refractivity contribution in [3.05, 3.63) is 34.9 Å². The Hall–Kier alpha value is -0.280. The van der Waals surface area contributed by atoms with Crippen LogP contribution in [-0.2, 0) is 0 Å². The van der Waals surface area contributed by atoms with Crippen LogP contribution in [0.2, 0.25) is 5.02 Å². The van der Waals surface area contributed by atoms with Crippen LogP contribution < -0.4 is 0 Å². The van der Waals surface area contributed by atoms with Gasteiger partial charge in [0.2, 0.25) is 0 Å². The Labute approximate surface area is 153 Å². The molecular weight excluding hydrogens is 329 g/mol. The van der Waals surface area contributed by atoms with Crippen LogP contribution in [0.5, 0.6) is 0 Å². The number of unbranched alkanes of at least 4 members (excludes halogenated alkanes) is 4. The first-order valence-electron chi connectivity index (χ1n) is 8.83. The summed E-state index contributed by atoms with van der Waals surface area (Å²) in [5, 5.41) is 10.9. The highest BCUT2D eigenvalue weighted by molar-refractivity contribution is 6.30. The quantitative estimate of drug-likeness (QED) is 0.470. The van der Waals surface area contributed by atoms with Gasteiger partial charge in [-0.2, -0.15) is 0 Å². The smallest absolute Gasteiger partial charge is 0.0790 e. The zero-order chi connectivity index (χ0) is 16.2. The minimum atomic E-state index is -0.375. The molecule has 0 aliphatic rings. The molecule has 0 spiro atoms. The van der Waals surface area contributed by atoms with E-state index in [1.165, 1.54) is 38.6 Å². The standard InChI is InChI=1S/C19H32ClNO.ClH/c1-3-5-6-7-8-15-21(4-2)16-9-10-19(22)17-11-13-18(20)14-12-17;/h11-14,19,22H,3-10,15-16H2,1-2H3;1H. The predicted octanol–water partition coefficient (Wildman–Crippen LogP) is 5.87. The van der Waals surface area contributed by atoms with Crippen molar-refractivity contribution in [2.24, 2.45) is 0 Å². The van der Waals surface area contributed by atoms with Crippen molar-refractivity contribution < 1.29 is 5.11 Å². The molecule has 0 saturated heterocycles. The van der Waals surface area contributed by atoms with Crippen LogP contribution in [-0.4, -0.2) is 29.6 Å². The van der Waals surface area contributed by atoms with Gasteiger partial charge in [-0.25, -0.2) is 0 Å². The summed E-state index contributed by atoms with van der Waals surface area (Å²) in [6.07, 6.45) is 8.15. The van der Waals surface area contributed by atoms with Gasteiger partial charge in [-0.05, 0) is 56.6 Å². The van der Waals surface area contributed by atoms with Crippen LogP contribution in [0.4, 0.5) is 0 Å². The summed E-state index contributed by atoms with van der Waals surface area (Å²) in [4.78, 5) is 2.50. The SMILES string of the molecule is CCCCCCCN(CC)CCCC(O)c1ccc(Cl)cc1.Cl. The molecule has 1 unspecified atom stereocenters. The number of aliphatic hydroxyl groups excluding tert-OH is 1. The summed E-state index contributed by atoms with van der Waals surface area (Å²) in [5.74, 6) is 0. The van der Waals surface area contributed by atoms with Gasteiger partial charge in [-0.3, -0.25) is 0 Å². The summed E-state index contributed by atoms with van der Waals surface area (Å²) in [5.41, 5.74) is 0.965. The van der Waals surface area contributed by atoms with Gasteiger partial charge in [0, 0.05) is 5.02 Å². The van der Waals surface area contributed by atoms with E-state index >= 15 is 0 Å². The fourth-order valence-electron chi connectivity index (χ4n) is 2.73. The van der Waals surface area contributed by atoms with Crippen LogP contribution in [0.25, 0.3) is 0 Å². The number of benzene rings is 1. The van der Waals surface area contributed by atoms with Crippen molar-refractivity contribution in [1.82, 2.24) is 4.90 Å². The molecule has 0 amide bonds. The zero-order valence-electron chi connectivity index (χ0n) is 14.6. The lowest BCUT2D eigenvalue weighted by molar-refractivity contribution is 0.155. The number of hydrogen-bond donors (Lipinski definition) is 1. The number of hydrogen-bond acceptors (Lipinski definition) is 2. The fourth-order valence-corrected chi connectivity index (χ4v) is 2.85. The highest BCUT2D eigenvalue weighted by Gasteiger charge is 2.08. The third kappa shape index (κ3) is 10.2. The molecule has 4 heteroatoms. The lowest BCUT2D eigenvalue weighted by atomic mass is 10.0. The first kappa shape index (κ1) is 22.7. The Kier molecular flexibility index (Phi) is 13.9. The number of halogens is 2. The second kappa shape index (κ2) is 14.1. The van der Waals surface area contributed by atoms with Crippen molar-refractivity contribution in [2.75, 3.05) is 19.6 Å². The van der Waals surface area contributed by atoms with E-state index < -0.39 is 0 Å². The Morgan fingerprint density at radius 1 is 0.957 bits per heavy atom. The fraction of sp³-hybridized carbons (Fsp3) is 0.684. The number of aliphatic hydroxyl groups is 1. The van der Waals surface area contributed by atoms with E-state index in [1.807, 2.05) is 24.3 Å². The van der Waals surface area contributed by atoms with Gasteiger partial charge in [-0.15, -0.1) is 12.4 Å². The molecule has 1 aromatic rings. The highest BCUT2D eigenvalue weighted by atomic mass is 35.5. The third-order valence-corrected chi connectivity index (χ3v) is 4.48. The minimum absolute atomic E-state index is 0. The van der Waals surface area contributed by atoms with E-state index in [2.05, 4.69) is 18.7 Å². The van der Waals surface area contributed by atoms with E-state index in [0.717, 1.165) is 36.5 Å². The second-order valence-corrected chi connectivity index (χ2v) is 6.49. The monoisotopic (exact) mass is 361 g/mol. The summed E-state index contributed by atoms with van der Waals surface area (Å²) >= 11 is 5.87. The second-order valence-electron chi connectivity index (χ2n) is 6.06. The molecule has 0 saturated carbocycles. The van der Waals surface area contributed by atoms with Crippen molar-refractivity contribution >= 4 is 24.0 Å². The lowest BCUT2D eigenvalue weighted by Gasteiger charge is -2.21. The molecule has 23 heavy (non-hydrogen) atoms. The molecule has 0 aliphatic heterocycles. The third-order valence-electron chi connectivity index (χ3n) is 4.23. The van der Waals surface area contributed by atoms with Crippen LogP contribution in [0.15, 0.2) is 24.3 Å². The van der Waals surface area contributed by atoms with Crippen molar-refractivity contribution in [3.8, 4) is 0 Å². The van der Waals surface area contributed by atoms with Crippen molar-refractivity contribution in [1.29, 1.82) is 0 Å². The molecule has 1 rings (SSSR count). The van der Waals surface area contributed by atoms with E-state index in [1.54, 1.807) is 0 Å². The first-order valence-corrected chi connectivity index (χ1v) is 9.21. The van der Waals surface area contributed by atoms with E-state index in [4.69, 9.17) is 11.6 Å². The van der Waals surface area contributed by atoms with Crippen LogP contribution in [0.1, 0.15) is 70.5 Å². The van der Waals surface area contributed by atoms with E-state index in [-0.39, 0.29) is 18.5 Å². The van der Waals surface area contributed by atoms with Gasteiger partial charge in [-0.1, -0.05) is 63.3 Å². The summed E-state index contributed by atoms with van der Waals surface area (Å²) < 4.78 is 0. The molecule has 1 aromatic carbocycles. The van der Waals surface area contributed by atoms with E-state index in [0.29, 0.717) is 0 Å². The summed E-state index contributed by atoms with van der Waals surface area (Å²) in [6, 6.07) is 7.51. The largest absolute Gasteiger partial charge is 0.388 e. The molecule has 0 radical (unpaired) electrons. The van der Waals surface area contributed by atoms with Gasteiger partial charge in [0.25, 0.3) is 0 Å². The normalized spacial score (nSPS) is 12.2. The Balaban J connectivity index is 0.00000484. The van der Waals surface area contributed by atoms with Gasteiger partial charge >= 0.3 is 0 Å². The van der Waals surface area contributed by atoms with Crippen molar-refractivity contribution in [3.63, 3.8) is 0 Å². The molecule has 1 N–H and O–H groups in total. The molecule has 1 atom stereocenters. The maximum absolute atomic E-state index is 10.2. The first-order chi connectivity index (χ1) is 10.7. The highest BCUT2D eigenvalue weighted by Crippen LogP contribution is 2.20. The van der Waals surface area contributed by atoms with Gasteiger partial charge in [0.1, 0.15) is 0 Å². The number of nitrogens with zero attached hydrogens (tertiary/aromatic N) is 1. The average Bonchev–Trinajstić information content (AvgIpc) is 2.53. The Morgan fingerprint density at radius 3 is 2.17 bits per heavy atom. The van der Waals surface area contributed by atoms with Gasteiger partial charge in [0.05, 0.1) is 6.10 Å². The van der Waals surface area contributed by atoms with Gasteiger partial charge < -0.3 is 10.0 Å². The molecule has 0 aromatic heterocycles. The molecule has 0 fully saturated rings. The molecule has 2 nitrogen and oxygen atoms in total. The summed E-state index contributed by atoms with van der Waals surface area (Å²) in [7, 11) is 0. The molecule has 0 bridgehead atoms. The molecule has 0 heterocycles. The average molecular weight is 362 g/mol. The predicted molar refractivity (Wildman–Crippen MR) is 104 cm³/mol. The lowest BCUT2D eigenvalue weighted by Crippen LogP contribution is -2.26. The minimum Gasteiger partial charge on any atom is -0.388 e. The van der Waals surface area contributed by atoms with Crippen molar-refractivity contribution in [2.45, 2.75) is 64.9 Å². The van der Waals surface area contributed by atoms with E-state index in [9.17, 15) is 5.11 Å². The topological polar surface area (TPSA) is 23.5 Å². The molecule has 134 valence electrons. The maximum Gasteiger partial charge on any atom is 0.0790 e. The Bertz CT molecular complexity index is 383. The van der Waals surface area contributed by atoms with Crippen LogP contribution >= 0.6 is 24.0 Å². The summed E-state index contributed by atoms with van der Waals surface area (Å²) in [6.45, 7) is 7.85. The van der Waals surface area contributed by atoms with Gasteiger partial charge in [0.15, 0.2) is 0 Å². The zero-order valence-corrected chi connectivity index (χ0v) is 16.2.